The van der Waals surface area contributed by atoms with Crippen molar-refractivity contribution < 1.29 is 28.9 Å². The van der Waals surface area contributed by atoms with E-state index >= 15 is 0 Å². The molecule has 2 heterocycles. The first-order valence-corrected chi connectivity index (χ1v) is 12.3. The minimum absolute atomic E-state index is 0.0248. The van der Waals surface area contributed by atoms with Crippen molar-refractivity contribution in [1.82, 2.24) is 5.32 Å². The summed E-state index contributed by atoms with van der Waals surface area (Å²) in [5.41, 5.74) is 2.63. The zero-order chi connectivity index (χ0) is 24.4. The topological polar surface area (TPSA) is 106 Å². The Morgan fingerprint density at radius 1 is 1.11 bits per heavy atom. The Balaban J connectivity index is 1.23. The maximum Gasteiger partial charge on any atom is 0.224 e. The van der Waals surface area contributed by atoms with Crippen LogP contribution < -0.4 is 20.1 Å². The fourth-order valence-corrected chi connectivity index (χ4v) is 5.08. The molecular weight excluding hydrogens is 448 g/mol. The fraction of sp³-hybridized carbons (Fsp3) is 0.481. The Morgan fingerprint density at radius 3 is 2.71 bits per heavy atom. The molecule has 0 unspecified atom stereocenters. The zero-order valence-electron chi connectivity index (χ0n) is 19.9. The van der Waals surface area contributed by atoms with E-state index in [9.17, 15) is 14.7 Å². The van der Waals surface area contributed by atoms with Gasteiger partial charge in [0.1, 0.15) is 23.7 Å². The van der Waals surface area contributed by atoms with Gasteiger partial charge >= 0.3 is 0 Å². The fourth-order valence-electron chi connectivity index (χ4n) is 5.08. The molecule has 2 aromatic rings. The van der Waals surface area contributed by atoms with E-state index in [0.29, 0.717) is 25.3 Å². The van der Waals surface area contributed by atoms with Crippen molar-refractivity contribution in [1.29, 1.82) is 0 Å². The Hall–Kier alpha value is -3.10. The number of benzene rings is 2. The normalized spacial score (nSPS) is 24.6. The summed E-state index contributed by atoms with van der Waals surface area (Å²) in [7, 11) is 1.60. The van der Waals surface area contributed by atoms with Crippen molar-refractivity contribution in [2.45, 2.75) is 62.9 Å². The third-order valence-electron chi connectivity index (χ3n) is 7.04. The quantitative estimate of drug-likeness (QED) is 0.509. The van der Waals surface area contributed by atoms with Gasteiger partial charge in [0.2, 0.25) is 11.8 Å². The number of carbonyl (C=O) groups is 2. The molecule has 3 aliphatic rings. The second kappa shape index (κ2) is 10.3. The molecule has 186 valence electrons. The Kier molecular flexibility index (Phi) is 6.92. The Morgan fingerprint density at radius 2 is 1.94 bits per heavy atom. The van der Waals surface area contributed by atoms with Gasteiger partial charge in [-0.1, -0.05) is 18.2 Å². The summed E-state index contributed by atoms with van der Waals surface area (Å²) in [6.45, 7) is 0.167. The molecule has 35 heavy (non-hydrogen) atoms. The van der Waals surface area contributed by atoms with Crippen LogP contribution in [-0.2, 0) is 20.9 Å². The molecule has 3 N–H and O–H groups in total. The highest BCUT2D eigenvalue weighted by Crippen LogP contribution is 2.47. The molecule has 8 heteroatoms. The van der Waals surface area contributed by atoms with Crippen LogP contribution >= 0.6 is 0 Å². The highest BCUT2D eigenvalue weighted by molar-refractivity contribution is 5.91. The molecule has 2 fully saturated rings. The molecule has 0 bridgehead atoms. The molecule has 1 saturated heterocycles. The summed E-state index contributed by atoms with van der Waals surface area (Å²) in [4.78, 5) is 25.0. The summed E-state index contributed by atoms with van der Waals surface area (Å²) < 4.78 is 17.5. The van der Waals surface area contributed by atoms with E-state index in [1.54, 1.807) is 7.11 Å². The molecule has 8 nitrogen and oxygen atoms in total. The number of aliphatic hydroxyl groups excluding tert-OH is 1. The van der Waals surface area contributed by atoms with Gasteiger partial charge in [-0.3, -0.25) is 9.59 Å². The molecule has 2 aliphatic heterocycles. The minimum atomic E-state index is -0.527. The average molecular weight is 481 g/mol. The molecule has 4 atom stereocenters. The van der Waals surface area contributed by atoms with Crippen LogP contribution in [0, 0.1) is 5.92 Å². The number of amides is 2. The van der Waals surface area contributed by atoms with Crippen molar-refractivity contribution in [3.05, 3.63) is 53.6 Å². The number of rotatable bonds is 9. The van der Waals surface area contributed by atoms with E-state index in [1.165, 1.54) is 0 Å². The predicted octanol–water partition coefficient (Wildman–Crippen LogP) is 3.13. The Bertz CT molecular complexity index is 1090. The van der Waals surface area contributed by atoms with E-state index in [2.05, 4.69) is 10.6 Å². The number of carbonyl (C=O) groups excluding carboxylic acids is 2. The molecule has 0 radical (unpaired) electrons. The van der Waals surface area contributed by atoms with Crippen molar-refractivity contribution in [3.8, 4) is 11.5 Å². The number of nitrogens with one attached hydrogen (secondary N) is 2. The lowest BCUT2D eigenvalue weighted by molar-refractivity contribution is -0.142. The lowest BCUT2D eigenvalue weighted by Crippen LogP contribution is -2.47. The Labute approximate surface area is 205 Å². The van der Waals surface area contributed by atoms with Gasteiger partial charge in [-0.25, -0.2) is 0 Å². The van der Waals surface area contributed by atoms with Crippen LogP contribution in [0.5, 0.6) is 11.5 Å². The third-order valence-corrected chi connectivity index (χ3v) is 7.04. The molecule has 1 saturated carbocycles. The summed E-state index contributed by atoms with van der Waals surface area (Å²) in [5.74, 6) is 1.87. The number of hydrogen-bond acceptors (Lipinski definition) is 6. The zero-order valence-corrected chi connectivity index (χ0v) is 19.9. The number of methoxy groups -OCH3 is 1. The van der Waals surface area contributed by atoms with E-state index in [1.807, 2.05) is 42.5 Å². The van der Waals surface area contributed by atoms with Crippen LogP contribution in [0.2, 0.25) is 0 Å². The number of aliphatic hydroxyl groups is 1. The van der Waals surface area contributed by atoms with Crippen molar-refractivity contribution in [2.75, 3.05) is 19.0 Å². The smallest absolute Gasteiger partial charge is 0.224 e. The van der Waals surface area contributed by atoms with Crippen molar-refractivity contribution >= 4 is 17.5 Å². The van der Waals surface area contributed by atoms with E-state index < -0.39 is 6.10 Å². The van der Waals surface area contributed by atoms with E-state index in [4.69, 9.17) is 14.2 Å². The molecule has 0 spiro atoms. The monoisotopic (exact) mass is 480 g/mol. The lowest BCUT2D eigenvalue weighted by atomic mass is 9.84. The highest BCUT2D eigenvalue weighted by Gasteiger charge is 2.46. The maximum absolute atomic E-state index is 12.7. The summed E-state index contributed by atoms with van der Waals surface area (Å²) in [6.07, 6.45) is 2.40. The summed E-state index contributed by atoms with van der Waals surface area (Å²) in [5, 5.41) is 15.9. The van der Waals surface area contributed by atoms with Crippen molar-refractivity contribution in [3.63, 3.8) is 0 Å². The predicted molar refractivity (Wildman–Crippen MR) is 129 cm³/mol. The first kappa shape index (κ1) is 23.6. The van der Waals surface area contributed by atoms with Gasteiger partial charge in [-0.2, -0.15) is 0 Å². The van der Waals surface area contributed by atoms with E-state index in [0.717, 1.165) is 41.2 Å². The molecule has 2 aromatic carbocycles. The summed E-state index contributed by atoms with van der Waals surface area (Å²) >= 11 is 0. The van der Waals surface area contributed by atoms with E-state index in [-0.39, 0.29) is 43.0 Å². The molecule has 5 rings (SSSR count). The van der Waals surface area contributed by atoms with Gasteiger partial charge in [-0.05, 0) is 49.4 Å². The molecule has 2 amide bonds. The number of anilines is 1. The van der Waals surface area contributed by atoms with Crippen LogP contribution in [-0.4, -0.2) is 48.9 Å². The molecular formula is C27H32N2O6. The highest BCUT2D eigenvalue weighted by atomic mass is 16.6. The lowest BCUT2D eigenvalue weighted by Gasteiger charge is -2.37. The molecule has 1 aliphatic carbocycles. The van der Waals surface area contributed by atoms with Crippen LogP contribution in [0.1, 0.15) is 49.1 Å². The standard InChI is InChI=1S/C27H32N2O6/c1-33-22-5-3-2-4-17(22)14-28-25(31)13-19-12-21-20-11-18(29-26(32)10-16-6-7-16)8-9-23(20)35-27(21)24(15-30)34-19/h2-5,8-9,11,16,19,21,24,27,30H,6-7,10,12-15H2,1H3,(H,28,31)(H,29,32)/t19-,21-,24-,27+/m0/s1. The average Bonchev–Trinajstić information content (AvgIpc) is 3.60. The van der Waals surface area contributed by atoms with Crippen LogP contribution in [0.4, 0.5) is 5.69 Å². The molecule has 0 aromatic heterocycles. The first-order chi connectivity index (χ1) is 17.0. The second-order valence-corrected chi connectivity index (χ2v) is 9.64. The SMILES string of the molecule is COc1ccccc1CNC(=O)C[C@@H]1C[C@H]2c3cc(NC(=O)CC4CC4)ccc3O[C@H]2[C@H](CO)O1. The third kappa shape index (κ3) is 5.44. The number of ether oxygens (including phenoxy) is 3. The second-order valence-electron chi connectivity index (χ2n) is 9.64. The summed E-state index contributed by atoms with van der Waals surface area (Å²) in [6, 6.07) is 13.2. The van der Waals surface area contributed by atoms with Gasteiger partial charge in [0.15, 0.2) is 0 Å². The van der Waals surface area contributed by atoms with Gasteiger partial charge in [0, 0.05) is 35.7 Å². The maximum atomic E-state index is 12.7. The van der Waals surface area contributed by atoms with Crippen molar-refractivity contribution in [2.24, 2.45) is 5.92 Å². The number of fused-ring (bicyclic) bond motifs is 3. The van der Waals surface area contributed by atoms with Crippen LogP contribution in [0.15, 0.2) is 42.5 Å². The van der Waals surface area contributed by atoms with Crippen LogP contribution in [0.25, 0.3) is 0 Å². The number of para-hydroxylation sites is 1. The van der Waals surface area contributed by atoms with Gasteiger partial charge in [0.25, 0.3) is 0 Å². The van der Waals surface area contributed by atoms with Gasteiger partial charge in [-0.15, -0.1) is 0 Å². The number of hydrogen-bond donors (Lipinski definition) is 3. The van der Waals surface area contributed by atoms with Gasteiger partial charge in [0.05, 0.1) is 26.2 Å². The van der Waals surface area contributed by atoms with Gasteiger partial charge < -0.3 is 30.0 Å². The first-order valence-electron chi connectivity index (χ1n) is 12.3. The largest absolute Gasteiger partial charge is 0.496 e. The minimum Gasteiger partial charge on any atom is -0.496 e. The van der Waals surface area contributed by atoms with Crippen LogP contribution in [0.3, 0.4) is 0 Å².